The van der Waals surface area contributed by atoms with Crippen LogP contribution in [0.4, 0.5) is 0 Å². The van der Waals surface area contributed by atoms with Gasteiger partial charge in [0.05, 0.1) is 7.11 Å². The first-order valence-corrected chi connectivity index (χ1v) is 2.13. The molecular weight excluding hydrogens is 124 g/mol. The van der Waals surface area contributed by atoms with Crippen molar-refractivity contribution in [2.45, 2.75) is 0 Å². The van der Waals surface area contributed by atoms with E-state index in [9.17, 15) is 4.79 Å². The van der Waals surface area contributed by atoms with E-state index in [4.69, 9.17) is 0 Å². The summed E-state index contributed by atoms with van der Waals surface area (Å²) in [5.74, 6) is -0.738. The third-order valence-electron chi connectivity index (χ3n) is 0.695. The number of carbonyl (C=O) groups is 1. The Balaban J connectivity index is 2.77. The second-order valence-corrected chi connectivity index (χ2v) is 1.21. The second kappa shape index (κ2) is 2.25. The smallest absolute Gasteiger partial charge is 0.379 e. The van der Waals surface area contributed by atoms with E-state index in [-0.39, 0.29) is 5.76 Å². The molecule has 0 saturated carbocycles. The number of hydrogen-bond acceptors (Lipinski definition) is 5. The molecule has 1 aromatic rings. The molecule has 0 aromatic carbocycles. The van der Waals surface area contributed by atoms with Crippen molar-refractivity contribution in [1.82, 2.24) is 10.4 Å². The Morgan fingerprint density at radius 3 is 3.11 bits per heavy atom. The molecular formula is C4H3N2O3. The van der Waals surface area contributed by atoms with Crippen LogP contribution in [0, 0.1) is 6.20 Å². The lowest BCUT2D eigenvalue weighted by Gasteiger charge is -1.86. The van der Waals surface area contributed by atoms with Crippen molar-refractivity contribution in [1.29, 1.82) is 0 Å². The van der Waals surface area contributed by atoms with Crippen molar-refractivity contribution < 1.29 is 14.1 Å². The van der Waals surface area contributed by atoms with Crippen LogP contribution in [0.2, 0.25) is 0 Å². The number of methoxy groups -OCH3 is 1. The van der Waals surface area contributed by atoms with Crippen molar-refractivity contribution in [2.24, 2.45) is 0 Å². The molecule has 0 amide bonds. The quantitative estimate of drug-likeness (QED) is 0.482. The molecule has 1 heterocycles. The maximum Gasteiger partial charge on any atom is 0.379 e. The lowest BCUT2D eigenvalue weighted by molar-refractivity contribution is 0.0553. The van der Waals surface area contributed by atoms with Crippen molar-refractivity contribution in [2.75, 3.05) is 7.11 Å². The van der Waals surface area contributed by atoms with E-state index in [0.717, 1.165) is 0 Å². The third kappa shape index (κ3) is 1.04. The number of hydrogen-bond donors (Lipinski definition) is 0. The molecule has 9 heavy (non-hydrogen) atoms. The predicted octanol–water partition coefficient (Wildman–Crippen LogP) is -0.344. The van der Waals surface area contributed by atoms with Crippen LogP contribution in [0.25, 0.3) is 0 Å². The van der Waals surface area contributed by atoms with Crippen LogP contribution in [0.5, 0.6) is 0 Å². The summed E-state index contributed by atoms with van der Waals surface area (Å²) in [4.78, 5) is 10.4. The van der Waals surface area contributed by atoms with E-state index >= 15 is 0 Å². The van der Waals surface area contributed by atoms with Gasteiger partial charge in [-0.15, -0.1) is 5.10 Å². The van der Waals surface area contributed by atoms with Crippen LogP contribution in [0.15, 0.2) is 4.52 Å². The van der Waals surface area contributed by atoms with Gasteiger partial charge in [0.15, 0.2) is 6.20 Å². The molecule has 5 heteroatoms. The summed E-state index contributed by atoms with van der Waals surface area (Å²) in [7, 11) is 1.23. The van der Waals surface area contributed by atoms with E-state index in [1.54, 1.807) is 0 Å². The molecule has 0 atom stereocenters. The van der Waals surface area contributed by atoms with Gasteiger partial charge < -0.3 is 9.26 Å². The van der Waals surface area contributed by atoms with E-state index in [1.165, 1.54) is 7.11 Å². The largest absolute Gasteiger partial charge is 0.463 e. The maximum absolute atomic E-state index is 10.4. The maximum atomic E-state index is 10.4. The van der Waals surface area contributed by atoms with E-state index in [1.807, 2.05) is 0 Å². The summed E-state index contributed by atoms with van der Waals surface area (Å²) >= 11 is 0. The fourth-order valence-corrected chi connectivity index (χ4v) is 0.323. The predicted molar refractivity (Wildman–Crippen MR) is 24.5 cm³/mol. The highest BCUT2D eigenvalue weighted by Gasteiger charge is 2.09. The standard InChI is InChI=1S/C4H3N2O3/c1-8-4(7)3-2-5-6-9-3/h1H3. The highest BCUT2D eigenvalue weighted by atomic mass is 16.6. The monoisotopic (exact) mass is 127 g/mol. The molecule has 1 aromatic heterocycles. The van der Waals surface area contributed by atoms with Crippen LogP contribution < -0.4 is 0 Å². The molecule has 0 aliphatic rings. The number of ether oxygens (including phenoxy) is 1. The molecule has 0 aliphatic heterocycles. The van der Waals surface area contributed by atoms with Crippen LogP contribution in [0.1, 0.15) is 10.6 Å². The Bertz CT molecular complexity index is 194. The van der Waals surface area contributed by atoms with Crippen LogP contribution >= 0.6 is 0 Å². The van der Waals surface area contributed by atoms with Crippen LogP contribution in [-0.4, -0.2) is 23.4 Å². The van der Waals surface area contributed by atoms with Gasteiger partial charge in [0, 0.05) is 5.27 Å². The summed E-state index contributed by atoms with van der Waals surface area (Å²) in [6, 6.07) is 0. The normalized spacial score (nSPS) is 9.00. The van der Waals surface area contributed by atoms with Crippen LogP contribution in [-0.2, 0) is 4.74 Å². The second-order valence-electron chi connectivity index (χ2n) is 1.21. The number of nitrogens with zero attached hydrogens (tertiary/aromatic N) is 2. The van der Waals surface area contributed by atoms with Gasteiger partial charge in [-0.1, -0.05) is 0 Å². The lowest BCUT2D eigenvalue weighted by atomic mass is 10.5. The minimum Gasteiger partial charge on any atom is -0.463 e. The van der Waals surface area contributed by atoms with Gasteiger partial charge in [-0.3, -0.25) is 0 Å². The van der Waals surface area contributed by atoms with Gasteiger partial charge in [0.1, 0.15) is 0 Å². The Labute approximate surface area is 50.6 Å². The highest BCUT2D eigenvalue weighted by molar-refractivity contribution is 5.85. The molecule has 1 rings (SSSR count). The summed E-state index contributed by atoms with van der Waals surface area (Å²) in [5, 5.41) is 6.16. The first-order chi connectivity index (χ1) is 4.34. The summed E-state index contributed by atoms with van der Waals surface area (Å²) < 4.78 is 8.55. The fraction of sp³-hybridized carbons (Fsp3) is 0.250. The minimum absolute atomic E-state index is 0.113. The number of aromatic nitrogens is 2. The van der Waals surface area contributed by atoms with Crippen molar-refractivity contribution in [3.05, 3.63) is 12.0 Å². The summed E-state index contributed by atoms with van der Waals surface area (Å²) in [6.45, 7) is 0. The Morgan fingerprint density at radius 1 is 1.89 bits per heavy atom. The highest BCUT2D eigenvalue weighted by Crippen LogP contribution is 1.93. The molecule has 0 unspecified atom stereocenters. The van der Waals surface area contributed by atoms with Gasteiger partial charge in [-0.05, 0) is 0 Å². The van der Waals surface area contributed by atoms with E-state index in [0.29, 0.717) is 0 Å². The van der Waals surface area contributed by atoms with Crippen molar-refractivity contribution in [3.63, 3.8) is 0 Å². The molecule has 0 bridgehead atoms. The average molecular weight is 127 g/mol. The van der Waals surface area contributed by atoms with Gasteiger partial charge >= 0.3 is 5.97 Å². The van der Waals surface area contributed by atoms with Crippen molar-refractivity contribution in [3.8, 4) is 0 Å². The zero-order chi connectivity index (χ0) is 6.69. The van der Waals surface area contributed by atoms with E-state index in [2.05, 4.69) is 25.8 Å². The number of rotatable bonds is 1. The first kappa shape index (κ1) is 5.74. The van der Waals surface area contributed by atoms with Gasteiger partial charge in [0.2, 0.25) is 0 Å². The zero-order valence-corrected chi connectivity index (χ0v) is 4.62. The number of esters is 1. The summed E-state index contributed by atoms with van der Waals surface area (Å²) in [6.07, 6.45) is 2.19. The van der Waals surface area contributed by atoms with Gasteiger partial charge in [-0.25, -0.2) is 4.79 Å². The van der Waals surface area contributed by atoms with Crippen LogP contribution in [0.3, 0.4) is 0 Å². The molecule has 0 fully saturated rings. The SMILES string of the molecule is COC(=O)c1[c]nno1. The average Bonchev–Trinajstić information content (AvgIpc) is 2.37. The lowest BCUT2D eigenvalue weighted by Crippen LogP contribution is -1.98. The molecule has 5 nitrogen and oxygen atoms in total. The van der Waals surface area contributed by atoms with E-state index < -0.39 is 5.97 Å². The Hall–Kier alpha value is -1.39. The molecule has 47 valence electrons. The third-order valence-corrected chi connectivity index (χ3v) is 0.695. The van der Waals surface area contributed by atoms with Gasteiger partial charge in [-0.2, -0.15) is 0 Å². The molecule has 0 spiro atoms. The van der Waals surface area contributed by atoms with Gasteiger partial charge in [0.25, 0.3) is 5.76 Å². The Morgan fingerprint density at radius 2 is 2.67 bits per heavy atom. The zero-order valence-electron chi connectivity index (χ0n) is 4.62. The molecule has 0 saturated heterocycles. The number of carbonyl (C=O) groups excluding carboxylic acids is 1. The Kier molecular flexibility index (Phi) is 1.44. The molecule has 1 radical (unpaired) electrons. The topological polar surface area (TPSA) is 65.2 Å². The minimum atomic E-state index is -0.625. The summed E-state index contributed by atoms with van der Waals surface area (Å²) in [5.41, 5.74) is 0. The fourth-order valence-electron chi connectivity index (χ4n) is 0.323. The van der Waals surface area contributed by atoms with Crippen molar-refractivity contribution >= 4 is 5.97 Å². The molecule has 0 aliphatic carbocycles. The molecule has 0 N–H and O–H groups in total. The first-order valence-electron chi connectivity index (χ1n) is 2.13.